The first-order valence-corrected chi connectivity index (χ1v) is 8.73. The Morgan fingerprint density at radius 1 is 1.29 bits per heavy atom. The third kappa shape index (κ3) is 6.97. The van der Waals surface area contributed by atoms with E-state index in [0.29, 0.717) is 19.4 Å². The van der Waals surface area contributed by atoms with Crippen molar-refractivity contribution in [1.82, 2.24) is 4.98 Å². The molecule has 0 atom stereocenters. The van der Waals surface area contributed by atoms with Crippen LogP contribution in [0.25, 0.3) is 0 Å². The summed E-state index contributed by atoms with van der Waals surface area (Å²) in [6, 6.07) is 3.84. The number of ether oxygens (including phenoxy) is 2. The van der Waals surface area contributed by atoms with E-state index in [1.54, 1.807) is 16.8 Å². The van der Waals surface area contributed by atoms with Crippen molar-refractivity contribution in [3.8, 4) is 5.75 Å². The van der Waals surface area contributed by atoms with Gasteiger partial charge >= 0.3 is 5.97 Å². The molecule has 0 bridgehead atoms. The van der Waals surface area contributed by atoms with Gasteiger partial charge in [0.2, 0.25) is 0 Å². The summed E-state index contributed by atoms with van der Waals surface area (Å²) in [6.07, 6.45) is 6.14. The first kappa shape index (κ1) is 20.6. The molecule has 0 unspecified atom stereocenters. The van der Waals surface area contributed by atoms with Crippen LogP contribution < -0.4 is 26.3 Å². The van der Waals surface area contributed by atoms with Crippen LogP contribution in [0, 0.1) is 6.92 Å². The molecule has 0 saturated carbocycles. The zero-order valence-electron chi connectivity index (χ0n) is 14.0. The molecular formula is C17H23BrN2O3S. The lowest BCUT2D eigenvalue weighted by atomic mass is 10.2. The van der Waals surface area contributed by atoms with Crippen molar-refractivity contribution in [3.05, 3.63) is 40.6 Å². The predicted octanol–water partition coefficient (Wildman–Crippen LogP) is -0.292. The molecule has 132 valence electrons. The summed E-state index contributed by atoms with van der Waals surface area (Å²) in [7, 11) is 0. The molecule has 24 heavy (non-hydrogen) atoms. The highest BCUT2D eigenvalue weighted by Gasteiger charge is 2.07. The van der Waals surface area contributed by atoms with Crippen LogP contribution in [-0.4, -0.2) is 24.2 Å². The van der Waals surface area contributed by atoms with Gasteiger partial charge in [-0.05, 0) is 13.3 Å². The molecular weight excluding hydrogens is 392 g/mol. The summed E-state index contributed by atoms with van der Waals surface area (Å²) in [5.41, 5.74) is 2.80. The number of nitrogens with zero attached hydrogens (tertiary/aromatic N) is 2. The van der Waals surface area contributed by atoms with Gasteiger partial charge in [0.25, 0.3) is 0 Å². The van der Waals surface area contributed by atoms with Crippen molar-refractivity contribution >= 4 is 17.3 Å². The largest absolute Gasteiger partial charge is 1.00 e. The van der Waals surface area contributed by atoms with Crippen molar-refractivity contribution in [3.63, 3.8) is 0 Å². The Labute approximate surface area is 157 Å². The van der Waals surface area contributed by atoms with Gasteiger partial charge in [0.05, 0.1) is 17.6 Å². The lowest BCUT2D eigenvalue weighted by Gasteiger charge is -2.07. The van der Waals surface area contributed by atoms with Gasteiger partial charge < -0.3 is 26.5 Å². The number of carbonyl (C=O) groups is 1. The molecule has 7 heteroatoms. The summed E-state index contributed by atoms with van der Waals surface area (Å²) in [6.45, 7) is 5.72. The summed E-state index contributed by atoms with van der Waals surface area (Å²) in [5, 5.41) is 0. The SMILES string of the molecule is CCC[n+]1ccc(OCCOC(=O)CCc2scnc2C)cc1.[Br-]. The van der Waals surface area contributed by atoms with Gasteiger partial charge in [0, 0.05) is 23.4 Å². The molecule has 0 spiro atoms. The van der Waals surface area contributed by atoms with E-state index in [2.05, 4.69) is 16.5 Å². The Morgan fingerprint density at radius 3 is 2.67 bits per heavy atom. The van der Waals surface area contributed by atoms with Gasteiger partial charge in [0.1, 0.15) is 25.5 Å². The van der Waals surface area contributed by atoms with Gasteiger partial charge in [-0.25, -0.2) is 9.55 Å². The molecule has 2 aromatic heterocycles. The van der Waals surface area contributed by atoms with Gasteiger partial charge in [-0.2, -0.15) is 0 Å². The molecule has 0 aliphatic rings. The average Bonchev–Trinajstić information content (AvgIpc) is 2.96. The van der Waals surface area contributed by atoms with E-state index in [0.717, 1.165) is 29.3 Å². The molecule has 2 rings (SSSR count). The van der Waals surface area contributed by atoms with Crippen LogP contribution in [0.1, 0.15) is 30.3 Å². The van der Waals surface area contributed by atoms with Gasteiger partial charge in [-0.3, -0.25) is 4.79 Å². The first-order chi connectivity index (χ1) is 11.2. The Hall–Kier alpha value is -1.47. The first-order valence-electron chi connectivity index (χ1n) is 7.85. The molecule has 0 aliphatic heterocycles. The van der Waals surface area contributed by atoms with Crippen LogP contribution >= 0.6 is 11.3 Å². The number of aromatic nitrogens is 2. The number of pyridine rings is 1. The van der Waals surface area contributed by atoms with E-state index in [-0.39, 0.29) is 29.6 Å². The maximum Gasteiger partial charge on any atom is 0.306 e. The van der Waals surface area contributed by atoms with E-state index >= 15 is 0 Å². The van der Waals surface area contributed by atoms with Crippen molar-refractivity contribution in [2.75, 3.05) is 13.2 Å². The predicted molar refractivity (Wildman–Crippen MR) is 88.6 cm³/mol. The lowest BCUT2D eigenvalue weighted by molar-refractivity contribution is -0.697. The third-order valence-corrected chi connectivity index (χ3v) is 4.35. The van der Waals surface area contributed by atoms with Crippen LogP contribution in [-0.2, 0) is 22.5 Å². The highest BCUT2D eigenvalue weighted by molar-refractivity contribution is 7.09. The maximum absolute atomic E-state index is 11.7. The molecule has 0 radical (unpaired) electrons. The number of aryl methyl sites for hydroxylation is 3. The van der Waals surface area contributed by atoms with Gasteiger partial charge in [-0.15, -0.1) is 11.3 Å². The fourth-order valence-corrected chi connectivity index (χ4v) is 2.90. The second-order valence-corrected chi connectivity index (χ2v) is 6.14. The second kappa shape index (κ2) is 11.1. The Morgan fingerprint density at radius 2 is 2.04 bits per heavy atom. The Bertz CT molecular complexity index is 617. The summed E-state index contributed by atoms with van der Waals surface area (Å²) in [5.74, 6) is 0.587. The van der Waals surface area contributed by atoms with E-state index in [1.807, 2.05) is 31.5 Å². The molecule has 0 N–H and O–H groups in total. The monoisotopic (exact) mass is 414 g/mol. The molecule has 2 heterocycles. The van der Waals surface area contributed by atoms with Crippen molar-refractivity contribution < 1.29 is 35.8 Å². The number of rotatable bonds is 9. The number of esters is 1. The minimum absolute atomic E-state index is 0. The van der Waals surface area contributed by atoms with Crippen molar-refractivity contribution in [2.24, 2.45) is 0 Å². The third-order valence-electron chi connectivity index (χ3n) is 3.36. The minimum Gasteiger partial charge on any atom is -1.00 e. The Balaban J connectivity index is 0.00000288. The van der Waals surface area contributed by atoms with Crippen molar-refractivity contribution in [2.45, 2.75) is 39.7 Å². The fraction of sp³-hybridized carbons (Fsp3) is 0.471. The zero-order valence-corrected chi connectivity index (χ0v) is 16.4. The molecule has 0 aromatic carbocycles. The van der Waals surface area contributed by atoms with Crippen LogP contribution in [0.3, 0.4) is 0 Å². The maximum atomic E-state index is 11.7. The second-order valence-electron chi connectivity index (χ2n) is 5.20. The van der Waals surface area contributed by atoms with Gasteiger partial charge in [-0.1, -0.05) is 6.92 Å². The minimum atomic E-state index is -0.199. The van der Waals surface area contributed by atoms with E-state index in [1.165, 1.54) is 0 Å². The van der Waals surface area contributed by atoms with Gasteiger partial charge in [0.15, 0.2) is 12.4 Å². The standard InChI is InChI=1S/C17H23N2O3S.BrH/c1-3-8-19-9-6-15(7-10-19)21-11-12-22-17(20)5-4-16-14(2)18-13-23-16;/h6-7,9-10,13H,3-5,8,11-12H2,1-2H3;1H/q+1;/p-1. The topological polar surface area (TPSA) is 52.3 Å². The highest BCUT2D eigenvalue weighted by Crippen LogP contribution is 2.14. The molecule has 5 nitrogen and oxygen atoms in total. The lowest BCUT2D eigenvalue weighted by Crippen LogP contribution is -3.00. The Kier molecular flexibility index (Phi) is 9.56. The number of carbonyl (C=O) groups excluding carboxylic acids is 1. The molecule has 0 fully saturated rings. The summed E-state index contributed by atoms with van der Waals surface area (Å²) in [4.78, 5) is 17.0. The summed E-state index contributed by atoms with van der Waals surface area (Å²) >= 11 is 1.58. The van der Waals surface area contributed by atoms with Crippen LogP contribution in [0.15, 0.2) is 30.0 Å². The van der Waals surface area contributed by atoms with Crippen LogP contribution in [0.4, 0.5) is 0 Å². The van der Waals surface area contributed by atoms with E-state index < -0.39 is 0 Å². The molecule has 0 aliphatic carbocycles. The van der Waals surface area contributed by atoms with Crippen LogP contribution in [0.5, 0.6) is 5.75 Å². The number of halogens is 1. The van der Waals surface area contributed by atoms with Crippen molar-refractivity contribution in [1.29, 1.82) is 0 Å². The number of thiazole rings is 1. The summed E-state index contributed by atoms with van der Waals surface area (Å²) < 4.78 is 12.8. The normalized spacial score (nSPS) is 10.1. The molecule has 2 aromatic rings. The van der Waals surface area contributed by atoms with E-state index in [4.69, 9.17) is 9.47 Å². The van der Waals surface area contributed by atoms with E-state index in [9.17, 15) is 4.79 Å². The highest BCUT2D eigenvalue weighted by atomic mass is 79.9. The van der Waals surface area contributed by atoms with Crippen LogP contribution in [0.2, 0.25) is 0 Å². The average molecular weight is 415 g/mol. The fourth-order valence-electron chi connectivity index (χ4n) is 2.12. The quantitative estimate of drug-likeness (QED) is 0.321. The molecule has 0 saturated heterocycles. The number of hydrogen-bond acceptors (Lipinski definition) is 5. The number of hydrogen-bond donors (Lipinski definition) is 0. The smallest absolute Gasteiger partial charge is 0.306 e. The zero-order chi connectivity index (χ0) is 16.5. The molecule has 0 amide bonds.